The summed E-state index contributed by atoms with van der Waals surface area (Å²) >= 11 is 0. The zero-order chi connectivity index (χ0) is 20.3. The van der Waals surface area contributed by atoms with Crippen molar-refractivity contribution < 1.29 is 49.0 Å². The molecule has 140 valence electrons. The van der Waals surface area contributed by atoms with Gasteiger partial charge in [-0.25, -0.2) is 0 Å². The summed E-state index contributed by atoms with van der Waals surface area (Å²) in [6, 6.07) is 0. The van der Waals surface area contributed by atoms with E-state index in [0.717, 1.165) is 0 Å². The standard InChI is InChI=1S/C12BF10.C2H5O/c14-3-1(4(15)8(19)11(22)7(3)18)13-2-5(16)9(20)12(23)10(21)6(2)17;1-2-3/h;2H2,1H3/q+1;-1. The Kier molecular flexibility index (Phi) is 7.07. The first-order valence-electron chi connectivity index (χ1n) is 6.46. The zero-order valence-electron chi connectivity index (χ0n) is 12.5. The van der Waals surface area contributed by atoms with E-state index < -0.39 is 69.1 Å². The van der Waals surface area contributed by atoms with E-state index in [4.69, 9.17) is 5.11 Å². The molecule has 0 aliphatic carbocycles. The molecule has 0 heterocycles. The topological polar surface area (TPSA) is 23.1 Å². The maximum atomic E-state index is 13.4. The van der Waals surface area contributed by atoms with E-state index in [1.165, 1.54) is 0 Å². The third-order valence-electron chi connectivity index (χ3n) is 2.78. The van der Waals surface area contributed by atoms with Crippen molar-refractivity contribution in [1.29, 1.82) is 0 Å². The third-order valence-corrected chi connectivity index (χ3v) is 2.78. The molecule has 0 aliphatic heterocycles. The SMILES string of the molecule is CC[O-].Fc1c(F)c(F)c([B+]c2c(F)c(F)c(F)c(F)c2F)c(F)c1F. The van der Waals surface area contributed by atoms with Gasteiger partial charge in [0.15, 0.2) is 0 Å². The van der Waals surface area contributed by atoms with Gasteiger partial charge in [-0.3, -0.25) is 0 Å². The van der Waals surface area contributed by atoms with Gasteiger partial charge < -0.3 is 5.11 Å². The van der Waals surface area contributed by atoms with E-state index in [2.05, 4.69) is 0 Å². The molecule has 0 saturated carbocycles. The molecule has 1 nitrogen and oxygen atoms in total. The Balaban J connectivity index is 0.00000105. The summed E-state index contributed by atoms with van der Waals surface area (Å²) in [5.41, 5.74) is -3.71. The Morgan fingerprint density at radius 2 is 0.654 bits per heavy atom. The van der Waals surface area contributed by atoms with Gasteiger partial charge in [-0.05, 0) is 0 Å². The second kappa shape index (κ2) is 8.43. The minimum absolute atomic E-state index is 0. The summed E-state index contributed by atoms with van der Waals surface area (Å²) in [4.78, 5) is 0. The summed E-state index contributed by atoms with van der Waals surface area (Å²) in [6.45, 7) is 1.57. The molecule has 0 N–H and O–H groups in total. The molecule has 0 saturated heterocycles. The van der Waals surface area contributed by atoms with E-state index in [-0.39, 0.29) is 13.9 Å². The van der Waals surface area contributed by atoms with Crippen molar-refractivity contribution in [1.82, 2.24) is 0 Å². The molecule has 2 aromatic carbocycles. The molecule has 2 aromatic rings. The van der Waals surface area contributed by atoms with Gasteiger partial charge in [0.05, 0.1) is 0 Å². The minimum atomic E-state index is -2.55. The molecule has 0 unspecified atom stereocenters. The van der Waals surface area contributed by atoms with Gasteiger partial charge in [-0.2, -0.15) is 0 Å². The van der Waals surface area contributed by atoms with Crippen LogP contribution in [0, 0.1) is 58.2 Å². The van der Waals surface area contributed by atoms with Crippen molar-refractivity contribution in [2.24, 2.45) is 0 Å². The first-order valence-corrected chi connectivity index (χ1v) is 6.46. The molecule has 12 heteroatoms. The van der Waals surface area contributed by atoms with Crippen LogP contribution >= 0.6 is 0 Å². The van der Waals surface area contributed by atoms with E-state index >= 15 is 0 Å². The second-order valence-corrected chi connectivity index (χ2v) is 4.40. The van der Waals surface area contributed by atoms with Crippen LogP contribution in [0.4, 0.5) is 43.9 Å². The fourth-order valence-corrected chi connectivity index (χ4v) is 1.64. The van der Waals surface area contributed by atoms with Crippen LogP contribution in [-0.2, 0) is 0 Å². The van der Waals surface area contributed by atoms with Crippen molar-refractivity contribution in [2.75, 3.05) is 6.61 Å². The Morgan fingerprint density at radius 1 is 0.500 bits per heavy atom. The van der Waals surface area contributed by atoms with Crippen molar-refractivity contribution >= 4 is 18.2 Å². The number of hydrogen-bond acceptors (Lipinski definition) is 1. The zero-order valence-corrected chi connectivity index (χ0v) is 12.5. The third kappa shape index (κ3) is 3.79. The van der Waals surface area contributed by atoms with Crippen molar-refractivity contribution in [2.45, 2.75) is 6.92 Å². The number of halogens is 10. The normalized spacial score (nSPS) is 10.3. The molecule has 0 aliphatic rings. The number of hydrogen-bond donors (Lipinski definition) is 0. The van der Waals surface area contributed by atoms with Crippen LogP contribution in [0.15, 0.2) is 0 Å². The molecular formula is C14H5BF10O. The molecule has 0 fully saturated rings. The Hall–Kier alpha value is -2.24. The molecule has 0 aromatic heterocycles. The van der Waals surface area contributed by atoms with Crippen LogP contribution in [0.1, 0.15) is 6.92 Å². The Morgan fingerprint density at radius 3 is 0.846 bits per heavy atom. The summed E-state index contributed by atoms with van der Waals surface area (Å²) in [5.74, 6) is -24.9. The summed E-state index contributed by atoms with van der Waals surface area (Å²) in [5, 5.41) is 8.93. The van der Waals surface area contributed by atoms with Crippen LogP contribution in [0.3, 0.4) is 0 Å². The molecular weight excluding hydrogens is 385 g/mol. The quantitative estimate of drug-likeness (QED) is 0.334. The van der Waals surface area contributed by atoms with Gasteiger partial charge >= 0.3 is 120 Å². The second-order valence-electron chi connectivity index (χ2n) is 4.40. The molecule has 26 heavy (non-hydrogen) atoms. The van der Waals surface area contributed by atoms with E-state index in [0.29, 0.717) is 0 Å². The van der Waals surface area contributed by atoms with Crippen molar-refractivity contribution in [3.63, 3.8) is 0 Å². The molecule has 0 atom stereocenters. The van der Waals surface area contributed by atoms with Crippen LogP contribution in [-0.4, -0.2) is 13.9 Å². The molecule has 2 rings (SSSR count). The van der Waals surface area contributed by atoms with Crippen molar-refractivity contribution in [3.05, 3.63) is 58.2 Å². The van der Waals surface area contributed by atoms with Gasteiger partial charge in [-0.15, -0.1) is 6.61 Å². The molecule has 0 spiro atoms. The van der Waals surface area contributed by atoms with Crippen LogP contribution < -0.4 is 16.0 Å². The van der Waals surface area contributed by atoms with Crippen LogP contribution in [0.25, 0.3) is 0 Å². The van der Waals surface area contributed by atoms with Crippen LogP contribution in [0.5, 0.6) is 0 Å². The summed E-state index contributed by atoms with van der Waals surface area (Å²) in [6.07, 6.45) is 0. The fraction of sp³-hybridized carbons (Fsp3) is 0.143. The van der Waals surface area contributed by atoms with Crippen molar-refractivity contribution in [3.8, 4) is 0 Å². The van der Waals surface area contributed by atoms with Crippen LogP contribution in [0.2, 0.25) is 0 Å². The maximum absolute atomic E-state index is 13.4. The van der Waals surface area contributed by atoms with E-state index in [1.807, 2.05) is 0 Å². The average Bonchev–Trinajstić information content (AvgIpc) is 2.61. The van der Waals surface area contributed by atoms with Gasteiger partial charge in [0.2, 0.25) is 0 Å². The Labute approximate surface area is 140 Å². The Bertz CT molecular complexity index is 714. The van der Waals surface area contributed by atoms with Gasteiger partial charge in [0.1, 0.15) is 0 Å². The van der Waals surface area contributed by atoms with Gasteiger partial charge in [0.25, 0.3) is 0 Å². The first kappa shape index (κ1) is 21.8. The summed E-state index contributed by atoms with van der Waals surface area (Å²) < 4.78 is 131. The first-order chi connectivity index (χ1) is 12.0. The predicted molar refractivity (Wildman–Crippen MR) is 68.0 cm³/mol. The molecule has 0 bridgehead atoms. The van der Waals surface area contributed by atoms with E-state index in [9.17, 15) is 43.9 Å². The fourth-order valence-electron chi connectivity index (χ4n) is 1.64. The summed E-state index contributed by atoms with van der Waals surface area (Å²) in [7, 11) is -0.369. The molecule has 0 radical (unpaired) electrons. The average molecular weight is 390 g/mol. The predicted octanol–water partition coefficient (Wildman–Crippen LogP) is 2.10. The van der Waals surface area contributed by atoms with E-state index in [1.54, 1.807) is 6.92 Å². The van der Waals surface area contributed by atoms with Gasteiger partial charge in [0, 0.05) is 0 Å². The molecule has 0 amide bonds. The number of benzene rings is 2. The monoisotopic (exact) mass is 390 g/mol. The van der Waals surface area contributed by atoms with Gasteiger partial charge in [-0.1, -0.05) is 6.92 Å². The number of rotatable bonds is 2.